The van der Waals surface area contributed by atoms with Crippen LogP contribution in [0.25, 0.3) is 0 Å². The molecular weight excluding hydrogens is 254 g/mol. The molecule has 0 spiro atoms. The van der Waals surface area contributed by atoms with E-state index >= 15 is 0 Å². The molecule has 5 heteroatoms. The molecule has 2 aliphatic heterocycles. The van der Waals surface area contributed by atoms with E-state index in [1.165, 1.54) is 6.42 Å². The first-order chi connectivity index (χ1) is 9.67. The number of hydrogen-bond acceptors (Lipinski definition) is 5. The van der Waals surface area contributed by atoms with Gasteiger partial charge in [0.1, 0.15) is 0 Å². The van der Waals surface area contributed by atoms with E-state index < -0.39 is 0 Å². The van der Waals surface area contributed by atoms with Crippen LogP contribution in [0.2, 0.25) is 0 Å². The van der Waals surface area contributed by atoms with E-state index in [9.17, 15) is 0 Å². The monoisotopic (exact) mass is 279 g/mol. The lowest BCUT2D eigenvalue weighted by atomic mass is 9.89. The van der Waals surface area contributed by atoms with Crippen molar-refractivity contribution in [2.75, 3.05) is 6.54 Å². The van der Waals surface area contributed by atoms with Crippen molar-refractivity contribution in [1.82, 2.24) is 15.5 Å². The van der Waals surface area contributed by atoms with Gasteiger partial charge in [0.15, 0.2) is 5.82 Å². The molecule has 0 saturated carbocycles. The zero-order chi connectivity index (χ0) is 14.1. The molecule has 4 unspecified atom stereocenters. The molecule has 2 saturated heterocycles. The minimum absolute atomic E-state index is 0.320. The molecule has 1 aromatic heterocycles. The lowest BCUT2D eigenvalue weighted by Crippen LogP contribution is -2.35. The van der Waals surface area contributed by atoms with E-state index in [-0.39, 0.29) is 0 Å². The highest BCUT2D eigenvalue weighted by Crippen LogP contribution is 2.43. The molecule has 1 aromatic rings. The van der Waals surface area contributed by atoms with Gasteiger partial charge in [0, 0.05) is 12.5 Å². The largest absolute Gasteiger partial charge is 0.374 e. The van der Waals surface area contributed by atoms with Gasteiger partial charge in [-0.25, -0.2) is 0 Å². The SMILES string of the molecule is CCNC(Cc1nc(C2CC3CCC2O3)no1)C(C)C. The first kappa shape index (κ1) is 14.0. The van der Waals surface area contributed by atoms with Crippen LogP contribution in [0.5, 0.6) is 0 Å². The van der Waals surface area contributed by atoms with E-state index in [2.05, 4.69) is 36.2 Å². The van der Waals surface area contributed by atoms with Crippen molar-refractivity contribution in [1.29, 1.82) is 0 Å². The van der Waals surface area contributed by atoms with Gasteiger partial charge in [-0.15, -0.1) is 0 Å². The third-order valence-corrected chi connectivity index (χ3v) is 4.59. The Balaban J connectivity index is 1.64. The lowest BCUT2D eigenvalue weighted by Gasteiger charge is -2.19. The van der Waals surface area contributed by atoms with Crippen molar-refractivity contribution in [2.24, 2.45) is 5.92 Å². The van der Waals surface area contributed by atoms with Crippen LogP contribution in [0, 0.1) is 5.92 Å². The summed E-state index contributed by atoms with van der Waals surface area (Å²) in [5.41, 5.74) is 0. The zero-order valence-electron chi connectivity index (χ0n) is 12.6. The second-order valence-corrected chi connectivity index (χ2v) is 6.37. The minimum Gasteiger partial charge on any atom is -0.374 e. The number of likely N-dealkylation sites (N-methyl/N-ethyl adjacent to an activating group) is 1. The van der Waals surface area contributed by atoms with Gasteiger partial charge in [-0.2, -0.15) is 4.98 Å². The van der Waals surface area contributed by atoms with Crippen molar-refractivity contribution in [2.45, 2.75) is 70.6 Å². The van der Waals surface area contributed by atoms with Crippen molar-refractivity contribution in [3.8, 4) is 0 Å². The fourth-order valence-electron chi connectivity index (χ4n) is 3.40. The van der Waals surface area contributed by atoms with Crippen LogP contribution in [-0.2, 0) is 11.2 Å². The number of hydrogen-bond donors (Lipinski definition) is 1. The molecule has 0 aromatic carbocycles. The van der Waals surface area contributed by atoms with Gasteiger partial charge in [0.05, 0.1) is 18.1 Å². The Kier molecular flexibility index (Phi) is 4.08. The number of aromatic nitrogens is 2. The van der Waals surface area contributed by atoms with Gasteiger partial charge >= 0.3 is 0 Å². The topological polar surface area (TPSA) is 60.2 Å². The van der Waals surface area contributed by atoms with Crippen molar-refractivity contribution in [3.05, 3.63) is 11.7 Å². The number of nitrogens with one attached hydrogen (secondary N) is 1. The summed E-state index contributed by atoms with van der Waals surface area (Å²) in [6.45, 7) is 7.52. The molecule has 4 atom stereocenters. The highest BCUT2D eigenvalue weighted by molar-refractivity contribution is 5.07. The predicted molar refractivity (Wildman–Crippen MR) is 75.6 cm³/mol. The molecule has 20 heavy (non-hydrogen) atoms. The Labute approximate surface area is 120 Å². The summed E-state index contributed by atoms with van der Waals surface area (Å²) in [6.07, 6.45) is 4.95. The first-order valence-electron chi connectivity index (χ1n) is 7.88. The summed E-state index contributed by atoms with van der Waals surface area (Å²) in [6, 6.07) is 0.393. The summed E-state index contributed by atoms with van der Waals surface area (Å²) < 4.78 is 11.3. The maximum absolute atomic E-state index is 5.87. The van der Waals surface area contributed by atoms with Gasteiger partial charge < -0.3 is 14.6 Å². The quantitative estimate of drug-likeness (QED) is 0.865. The molecule has 0 aliphatic carbocycles. The molecule has 2 bridgehead atoms. The minimum atomic E-state index is 0.320. The van der Waals surface area contributed by atoms with E-state index in [0.29, 0.717) is 30.1 Å². The highest BCUT2D eigenvalue weighted by Gasteiger charge is 2.43. The van der Waals surface area contributed by atoms with Gasteiger partial charge in [0.2, 0.25) is 5.89 Å². The molecule has 3 heterocycles. The Morgan fingerprint density at radius 1 is 1.35 bits per heavy atom. The standard InChI is InChI=1S/C15H25N3O2/c1-4-16-12(9(2)3)8-14-17-15(18-20-14)11-7-10-5-6-13(11)19-10/h9-13,16H,4-8H2,1-3H3. The molecule has 0 amide bonds. The third kappa shape index (κ3) is 2.74. The van der Waals surface area contributed by atoms with E-state index in [0.717, 1.165) is 37.5 Å². The summed E-state index contributed by atoms with van der Waals surface area (Å²) in [4.78, 5) is 4.62. The molecule has 2 aliphatic rings. The van der Waals surface area contributed by atoms with Crippen LogP contribution in [0.4, 0.5) is 0 Å². The van der Waals surface area contributed by atoms with Gasteiger partial charge in [-0.3, -0.25) is 0 Å². The Hall–Kier alpha value is -0.940. The van der Waals surface area contributed by atoms with Crippen LogP contribution in [0.15, 0.2) is 4.52 Å². The normalized spacial score (nSPS) is 30.3. The summed E-state index contributed by atoms with van der Waals surface area (Å²) >= 11 is 0. The Morgan fingerprint density at radius 3 is 2.80 bits per heavy atom. The van der Waals surface area contributed by atoms with E-state index in [4.69, 9.17) is 9.26 Å². The summed E-state index contributed by atoms with van der Waals surface area (Å²) in [5, 5.41) is 7.68. The number of rotatable bonds is 6. The average molecular weight is 279 g/mol. The van der Waals surface area contributed by atoms with Crippen LogP contribution in [-0.4, -0.2) is 34.9 Å². The second-order valence-electron chi connectivity index (χ2n) is 6.37. The Bertz CT molecular complexity index is 446. The maximum Gasteiger partial charge on any atom is 0.228 e. The van der Waals surface area contributed by atoms with Crippen molar-refractivity contribution in [3.63, 3.8) is 0 Å². The van der Waals surface area contributed by atoms with E-state index in [1.54, 1.807) is 0 Å². The summed E-state index contributed by atoms with van der Waals surface area (Å²) in [7, 11) is 0. The number of nitrogens with zero attached hydrogens (tertiary/aromatic N) is 2. The smallest absolute Gasteiger partial charge is 0.228 e. The molecule has 112 valence electrons. The predicted octanol–water partition coefficient (Wildman–Crippen LogP) is 2.28. The number of fused-ring (bicyclic) bond motifs is 2. The molecule has 1 N–H and O–H groups in total. The van der Waals surface area contributed by atoms with Crippen molar-refractivity contribution < 1.29 is 9.26 Å². The highest BCUT2D eigenvalue weighted by atomic mass is 16.5. The molecular formula is C15H25N3O2. The molecule has 5 nitrogen and oxygen atoms in total. The third-order valence-electron chi connectivity index (χ3n) is 4.59. The molecule has 3 rings (SSSR count). The van der Waals surface area contributed by atoms with Crippen LogP contribution >= 0.6 is 0 Å². The fourth-order valence-corrected chi connectivity index (χ4v) is 3.40. The lowest BCUT2D eigenvalue weighted by molar-refractivity contribution is 0.0996. The van der Waals surface area contributed by atoms with Gasteiger partial charge in [-0.05, 0) is 31.7 Å². The zero-order valence-corrected chi connectivity index (χ0v) is 12.6. The molecule has 2 fully saturated rings. The summed E-state index contributed by atoms with van der Waals surface area (Å²) in [5.74, 6) is 2.51. The van der Waals surface area contributed by atoms with Crippen LogP contribution in [0.1, 0.15) is 57.7 Å². The van der Waals surface area contributed by atoms with Crippen LogP contribution in [0.3, 0.4) is 0 Å². The maximum atomic E-state index is 5.87. The van der Waals surface area contributed by atoms with Gasteiger partial charge in [0.25, 0.3) is 0 Å². The fraction of sp³-hybridized carbons (Fsp3) is 0.867. The number of ether oxygens (including phenoxy) is 1. The molecule has 0 radical (unpaired) electrons. The van der Waals surface area contributed by atoms with E-state index in [1.807, 2.05) is 0 Å². The Morgan fingerprint density at radius 2 is 2.20 bits per heavy atom. The first-order valence-corrected chi connectivity index (χ1v) is 7.88. The second kappa shape index (κ2) is 5.82. The van der Waals surface area contributed by atoms with Crippen molar-refractivity contribution >= 4 is 0 Å². The van der Waals surface area contributed by atoms with Crippen LogP contribution < -0.4 is 5.32 Å². The van der Waals surface area contributed by atoms with Gasteiger partial charge in [-0.1, -0.05) is 25.9 Å². The average Bonchev–Trinajstić information content (AvgIpc) is 3.13.